The van der Waals surface area contributed by atoms with E-state index in [9.17, 15) is 9.59 Å². The van der Waals surface area contributed by atoms with Crippen molar-refractivity contribution in [1.29, 1.82) is 0 Å². The molecule has 0 radical (unpaired) electrons. The summed E-state index contributed by atoms with van der Waals surface area (Å²) in [5, 5.41) is 9.43. The summed E-state index contributed by atoms with van der Waals surface area (Å²) in [6, 6.07) is 0. The van der Waals surface area contributed by atoms with Crippen LogP contribution in [0, 0.1) is 0 Å². The number of hydrogen-bond acceptors (Lipinski definition) is 8. The van der Waals surface area contributed by atoms with E-state index >= 15 is 0 Å². The predicted molar refractivity (Wildman–Crippen MR) is 185 cm³/mol. The van der Waals surface area contributed by atoms with Crippen molar-refractivity contribution in [3.63, 3.8) is 0 Å². The zero-order valence-corrected chi connectivity index (χ0v) is 30.4. The summed E-state index contributed by atoms with van der Waals surface area (Å²) in [7, 11) is 0. The molecule has 2 aromatic heterocycles. The van der Waals surface area contributed by atoms with Crippen molar-refractivity contribution < 1.29 is 9.59 Å². The number of halogens is 3. The Labute approximate surface area is 280 Å². The van der Waals surface area contributed by atoms with Gasteiger partial charge in [0.05, 0.1) is 24.5 Å². The van der Waals surface area contributed by atoms with Crippen LogP contribution in [0.3, 0.4) is 0 Å². The first-order valence-corrected chi connectivity index (χ1v) is 17.1. The Morgan fingerprint density at radius 2 is 1.28 bits per heavy atom. The number of nitrogens with one attached hydrogen (secondary N) is 3. The monoisotopic (exact) mass is 748 g/mol. The lowest BCUT2D eigenvalue weighted by Crippen LogP contribution is -2.46. The molecule has 0 bridgehead atoms. The SMILES string of the molecule is CC(C)(C)NC(=O)CNc1nc(Cl)nc2c1CCC2.CCI.CCN(CC(=O)NC(C)(C)C)c1nc(Cl)nc2c1CCC2. The molecule has 2 aliphatic rings. The molecular weight excluding hydrogens is 702 g/mol. The highest BCUT2D eigenvalue weighted by Gasteiger charge is 2.24. The van der Waals surface area contributed by atoms with Gasteiger partial charge in [-0.05, 0) is 115 Å². The lowest BCUT2D eigenvalue weighted by Gasteiger charge is -2.26. The standard InChI is InChI=1S/C15H23ClN4O.C13H19ClN4O.C2H5I/c1-5-20(9-12(21)19-15(2,3)4)13-10-7-6-8-11(10)17-14(16)18-13;1-13(2,3)18-10(19)7-15-11-8-5-4-6-9(8)16-12(14)17-11;1-2-3/h5-9H2,1-4H3,(H,19,21);4-7H2,1-3H3,(H,18,19)(H,15,16,17);2H2,1H3. The van der Waals surface area contributed by atoms with E-state index in [4.69, 9.17) is 23.2 Å². The van der Waals surface area contributed by atoms with E-state index in [1.54, 1.807) is 0 Å². The smallest absolute Gasteiger partial charge is 0.239 e. The van der Waals surface area contributed by atoms with Crippen molar-refractivity contribution in [2.45, 2.75) is 105 Å². The van der Waals surface area contributed by atoms with Gasteiger partial charge in [-0.2, -0.15) is 0 Å². The van der Waals surface area contributed by atoms with E-state index in [-0.39, 0.29) is 46.5 Å². The topological polar surface area (TPSA) is 125 Å². The molecule has 0 atom stereocenters. The number of amides is 2. The normalized spacial score (nSPS) is 13.5. The van der Waals surface area contributed by atoms with Crippen LogP contribution in [-0.2, 0) is 35.3 Å². The van der Waals surface area contributed by atoms with Crippen molar-refractivity contribution in [1.82, 2.24) is 30.6 Å². The van der Waals surface area contributed by atoms with Gasteiger partial charge in [-0.15, -0.1) is 0 Å². The van der Waals surface area contributed by atoms with Gasteiger partial charge in [-0.1, -0.05) is 29.5 Å². The van der Waals surface area contributed by atoms with Crippen LogP contribution in [0.2, 0.25) is 10.6 Å². The minimum atomic E-state index is -0.234. The van der Waals surface area contributed by atoms with Crippen molar-refractivity contribution in [2.24, 2.45) is 0 Å². The van der Waals surface area contributed by atoms with E-state index in [2.05, 4.69) is 65.4 Å². The average Bonchev–Trinajstić information content (AvgIpc) is 3.53. The minimum absolute atomic E-state index is 0.00849. The lowest BCUT2D eigenvalue weighted by atomic mass is 10.1. The summed E-state index contributed by atoms with van der Waals surface area (Å²) in [5.41, 5.74) is 3.79. The highest BCUT2D eigenvalue weighted by molar-refractivity contribution is 14.1. The molecule has 13 heteroatoms. The second-order valence-corrected chi connectivity index (χ2v) is 14.6. The summed E-state index contributed by atoms with van der Waals surface area (Å²) in [4.78, 5) is 42.9. The molecule has 3 N–H and O–H groups in total. The van der Waals surface area contributed by atoms with E-state index in [1.807, 2.05) is 53.4 Å². The fourth-order valence-electron chi connectivity index (χ4n) is 4.79. The van der Waals surface area contributed by atoms with Gasteiger partial charge in [0.2, 0.25) is 22.4 Å². The summed E-state index contributed by atoms with van der Waals surface area (Å²) in [6.45, 7) is 17.1. The largest absolute Gasteiger partial charge is 0.361 e. The Morgan fingerprint density at radius 1 is 0.791 bits per heavy atom. The number of fused-ring (bicyclic) bond motifs is 2. The molecule has 2 heterocycles. The molecular formula is C30H47Cl2IN8O2. The van der Waals surface area contributed by atoms with Gasteiger partial charge in [-0.25, -0.2) is 19.9 Å². The van der Waals surface area contributed by atoms with Crippen molar-refractivity contribution in [3.8, 4) is 0 Å². The molecule has 10 nitrogen and oxygen atoms in total. The molecule has 2 amide bonds. The molecule has 0 spiro atoms. The third-order valence-corrected chi connectivity index (χ3v) is 6.59. The summed E-state index contributed by atoms with van der Waals surface area (Å²) in [6.07, 6.45) is 5.90. The molecule has 0 aliphatic heterocycles. The van der Waals surface area contributed by atoms with E-state index in [0.29, 0.717) is 12.4 Å². The maximum absolute atomic E-state index is 12.2. The van der Waals surface area contributed by atoms with Crippen LogP contribution in [0.15, 0.2) is 0 Å². The zero-order chi connectivity index (χ0) is 32.4. The zero-order valence-electron chi connectivity index (χ0n) is 26.8. The first-order valence-electron chi connectivity index (χ1n) is 14.8. The van der Waals surface area contributed by atoms with Crippen LogP contribution in [0.1, 0.15) is 90.7 Å². The highest BCUT2D eigenvalue weighted by Crippen LogP contribution is 2.30. The number of alkyl halides is 1. The number of carbonyl (C=O) groups excluding carboxylic acids is 2. The second kappa shape index (κ2) is 16.9. The summed E-state index contributed by atoms with van der Waals surface area (Å²) < 4.78 is 1.22. The van der Waals surface area contributed by atoms with Gasteiger partial charge in [0.1, 0.15) is 11.6 Å². The molecule has 0 unspecified atom stereocenters. The number of nitrogens with zero attached hydrogens (tertiary/aromatic N) is 5. The molecule has 4 rings (SSSR count). The van der Waals surface area contributed by atoms with Crippen molar-refractivity contribution in [3.05, 3.63) is 33.1 Å². The highest BCUT2D eigenvalue weighted by atomic mass is 127. The van der Waals surface area contributed by atoms with Crippen LogP contribution in [0.4, 0.5) is 11.6 Å². The Morgan fingerprint density at radius 3 is 1.81 bits per heavy atom. The number of rotatable bonds is 7. The number of likely N-dealkylation sites (N-methyl/N-ethyl adjacent to an activating group) is 1. The fourth-order valence-corrected chi connectivity index (χ4v) is 5.16. The number of aromatic nitrogens is 4. The molecule has 240 valence electrons. The second-order valence-electron chi connectivity index (χ2n) is 12.4. The molecule has 0 fully saturated rings. The maximum atomic E-state index is 12.2. The van der Waals surface area contributed by atoms with Crippen LogP contribution < -0.4 is 20.9 Å². The van der Waals surface area contributed by atoms with Gasteiger partial charge in [-0.3, -0.25) is 9.59 Å². The summed E-state index contributed by atoms with van der Waals surface area (Å²) >= 11 is 14.2. The third kappa shape index (κ3) is 12.9. The Balaban J connectivity index is 0.000000276. The molecule has 43 heavy (non-hydrogen) atoms. The van der Waals surface area contributed by atoms with Gasteiger partial charge >= 0.3 is 0 Å². The number of aryl methyl sites for hydroxylation is 2. The lowest BCUT2D eigenvalue weighted by molar-refractivity contribution is -0.121. The minimum Gasteiger partial charge on any atom is -0.361 e. The van der Waals surface area contributed by atoms with E-state index < -0.39 is 0 Å². The van der Waals surface area contributed by atoms with Gasteiger partial charge in [0, 0.05) is 28.7 Å². The van der Waals surface area contributed by atoms with E-state index in [0.717, 1.165) is 66.9 Å². The van der Waals surface area contributed by atoms with Crippen LogP contribution in [0.25, 0.3) is 0 Å². The van der Waals surface area contributed by atoms with Gasteiger partial charge < -0.3 is 20.9 Å². The number of hydrogen-bond donors (Lipinski definition) is 3. The van der Waals surface area contributed by atoms with Gasteiger partial charge in [0.15, 0.2) is 0 Å². The van der Waals surface area contributed by atoms with Gasteiger partial charge in [0.25, 0.3) is 0 Å². The predicted octanol–water partition coefficient (Wildman–Crippen LogP) is 5.75. The Bertz CT molecular complexity index is 1250. The molecule has 0 aromatic carbocycles. The molecule has 2 aliphatic carbocycles. The Hall–Kier alpha value is -1.99. The van der Waals surface area contributed by atoms with Crippen molar-refractivity contribution >= 4 is 69.2 Å². The van der Waals surface area contributed by atoms with Crippen molar-refractivity contribution in [2.75, 3.05) is 34.3 Å². The molecule has 0 saturated heterocycles. The first-order chi connectivity index (χ1) is 20.1. The number of anilines is 2. The summed E-state index contributed by atoms with van der Waals surface area (Å²) in [5.74, 6) is 1.44. The van der Waals surface area contributed by atoms with Crippen LogP contribution in [-0.4, -0.2) is 66.9 Å². The third-order valence-electron chi connectivity index (χ3n) is 6.25. The quantitative estimate of drug-likeness (QED) is 0.186. The Kier molecular flexibility index (Phi) is 14.6. The van der Waals surface area contributed by atoms with Crippen LogP contribution in [0.5, 0.6) is 0 Å². The molecule has 2 aromatic rings. The maximum Gasteiger partial charge on any atom is 0.239 e. The fraction of sp³-hybridized carbons (Fsp3) is 0.667. The number of carbonyl (C=O) groups is 2. The average molecular weight is 750 g/mol. The molecule has 0 saturated carbocycles. The first kappa shape index (κ1) is 37.2. The van der Waals surface area contributed by atoms with E-state index in [1.165, 1.54) is 4.43 Å². The van der Waals surface area contributed by atoms with Crippen LogP contribution >= 0.6 is 45.8 Å².